The van der Waals surface area contributed by atoms with Crippen LogP contribution in [-0.4, -0.2) is 25.0 Å². The van der Waals surface area contributed by atoms with E-state index >= 15 is 0 Å². The Bertz CT molecular complexity index is 1030. The molecule has 1 unspecified atom stereocenters. The third kappa shape index (κ3) is 5.06. The lowest BCUT2D eigenvalue weighted by Crippen LogP contribution is -2.30. The Balaban J connectivity index is 1.62. The lowest BCUT2D eigenvalue weighted by Gasteiger charge is -2.18. The van der Waals surface area contributed by atoms with Crippen molar-refractivity contribution in [1.82, 2.24) is 0 Å². The molecule has 2 amide bonds. The van der Waals surface area contributed by atoms with Crippen molar-refractivity contribution in [3.63, 3.8) is 0 Å². The number of nitrogens with zero attached hydrogens (tertiary/aromatic N) is 1. The normalized spacial score (nSPS) is 11.5. The van der Waals surface area contributed by atoms with Crippen LogP contribution in [0.25, 0.3) is 0 Å². The zero-order valence-corrected chi connectivity index (χ0v) is 17.7. The molecule has 0 spiro atoms. The molecule has 1 atom stereocenters. The van der Waals surface area contributed by atoms with Gasteiger partial charge in [0.15, 0.2) is 6.10 Å². The fourth-order valence-corrected chi connectivity index (χ4v) is 2.98. The number of aryl methyl sites for hydroxylation is 2. The molecule has 1 N–H and O–H groups in total. The van der Waals surface area contributed by atoms with E-state index in [1.807, 2.05) is 62.4 Å². The minimum atomic E-state index is -0.656. The van der Waals surface area contributed by atoms with Crippen molar-refractivity contribution in [2.45, 2.75) is 26.9 Å². The van der Waals surface area contributed by atoms with Gasteiger partial charge in [0.1, 0.15) is 5.75 Å². The Morgan fingerprint density at radius 2 is 1.60 bits per heavy atom. The summed E-state index contributed by atoms with van der Waals surface area (Å²) in [6.07, 6.45) is -0.656. The van der Waals surface area contributed by atoms with E-state index in [1.165, 1.54) is 0 Å². The number of nitrogens with one attached hydrogen (secondary N) is 1. The Labute approximate surface area is 177 Å². The molecule has 0 heterocycles. The number of para-hydroxylation sites is 1. The number of rotatable bonds is 6. The number of hydrogen-bond donors (Lipinski definition) is 1. The molecule has 0 saturated heterocycles. The highest BCUT2D eigenvalue weighted by Crippen LogP contribution is 2.21. The van der Waals surface area contributed by atoms with Gasteiger partial charge in [-0.3, -0.25) is 9.59 Å². The van der Waals surface area contributed by atoms with E-state index in [0.717, 1.165) is 16.8 Å². The van der Waals surface area contributed by atoms with Crippen molar-refractivity contribution in [3.8, 4) is 5.75 Å². The van der Waals surface area contributed by atoms with Gasteiger partial charge in [0, 0.05) is 24.0 Å². The molecule has 0 bridgehead atoms. The van der Waals surface area contributed by atoms with E-state index in [4.69, 9.17) is 4.74 Å². The van der Waals surface area contributed by atoms with Gasteiger partial charge in [-0.1, -0.05) is 30.3 Å². The summed E-state index contributed by atoms with van der Waals surface area (Å²) >= 11 is 0. The third-order valence-electron chi connectivity index (χ3n) is 4.86. The summed E-state index contributed by atoms with van der Waals surface area (Å²) in [4.78, 5) is 26.8. The first-order valence-electron chi connectivity index (χ1n) is 9.83. The number of amides is 2. The van der Waals surface area contributed by atoms with Crippen LogP contribution in [0, 0.1) is 13.8 Å². The van der Waals surface area contributed by atoms with Gasteiger partial charge in [0.05, 0.1) is 0 Å². The van der Waals surface area contributed by atoms with E-state index in [0.29, 0.717) is 17.0 Å². The van der Waals surface area contributed by atoms with E-state index < -0.39 is 6.10 Å². The summed E-state index contributed by atoms with van der Waals surface area (Å²) < 4.78 is 5.83. The Morgan fingerprint density at radius 1 is 0.933 bits per heavy atom. The fourth-order valence-electron chi connectivity index (χ4n) is 2.98. The molecule has 0 aliphatic rings. The van der Waals surface area contributed by atoms with Gasteiger partial charge in [-0.15, -0.1) is 0 Å². The highest BCUT2D eigenvalue weighted by atomic mass is 16.5. The number of hydrogen-bond acceptors (Lipinski definition) is 3. The largest absolute Gasteiger partial charge is 0.481 e. The zero-order valence-electron chi connectivity index (χ0n) is 17.7. The van der Waals surface area contributed by atoms with Crippen LogP contribution in [0.5, 0.6) is 5.75 Å². The zero-order chi connectivity index (χ0) is 21.7. The monoisotopic (exact) mass is 402 g/mol. The molecule has 0 aliphatic heterocycles. The van der Waals surface area contributed by atoms with Crippen LogP contribution in [-0.2, 0) is 4.79 Å². The summed E-state index contributed by atoms with van der Waals surface area (Å²) in [7, 11) is 1.74. The first-order chi connectivity index (χ1) is 14.3. The molecular formula is C25H26N2O3. The maximum absolute atomic E-state index is 12.7. The summed E-state index contributed by atoms with van der Waals surface area (Å²) in [5, 5.41) is 2.83. The maximum Gasteiger partial charge on any atom is 0.265 e. The lowest BCUT2D eigenvalue weighted by atomic mass is 10.1. The van der Waals surface area contributed by atoms with Gasteiger partial charge >= 0.3 is 0 Å². The second-order valence-electron chi connectivity index (χ2n) is 7.30. The number of carbonyl (C=O) groups is 2. The molecular weight excluding hydrogens is 376 g/mol. The summed E-state index contributed by atoms with van der Waals surface area (Å²) in [6.45, 7) is 5.64. The molecule has 0 radical (unpaired) electrons. The summed E-state index contributed by atoms with van der Waals surface area (Å²) in [5.74, 6) is 0.324. The predicted octanol–water partition coefficient (Wildman–Crippen LogP) is 4.99. The van der Waals surface area contributed by atoms with Gasteiger partial charge in [-0.2, -0.15) is 0 Å². The first kappa shape index (κ1) is 21.1. The van der Waals surface area contributed by atoms with Crippen LogP contribution < -0.4 is 15.0 Å². The molecule has 30 heavy (non-hydrogen) atoms. The van der Waals surface area contributed by atoms with Crippen LogP contribution in [0.4, 0.5) is 11.4 Å². The highest BCUT2D eigenvalue weighted by molar-refractivity contribution is 6.06. The first-order valence-corrected chi connectivity index (χ1v) is 9.83. The molecule has 0 aromatic heterocycles. The van der Waals surface area contributed by atoms with Crippen LogP contribution in [0.15, 0.2) is 72.8 Å². The Kier molecular flexibility index (Phi) is 6.52. The third-order valence-corrected chi connectivity index (χ3v) is 4.86. The molecule has 3 aromatic rings. The standard InChI is InChI=1S/C25H26N2O3/c1-17-10-11-18(2)23(16-17)30-19(3)24(28)26-21-14-12-20(13-15-21)25(29)27(4)22-8-6-5-7-9-22/h5-16,19H,1-4H3,(H,26,28). The van der Waals surface area contributed by atoms with Crippen molar-refractivity contribution in [1.29, 1.82) is 0 Å². The second-order valence-corrected chi connectivity index (χ2v) is 7.30. The van der Waals surface area contributed by atoms with E-state index in [-0.39, 0.29) is 11.8 Å². The highest BCUT2D eigenvalue weighted by Gasteiger charge is 2.17. The smallest absolute Gasteiger partial charge is 0.265 e. The van der Waals surface area contributed by atoms with Gasteiger partial charge in [-0.25, -0.2) is 0 Å². The topological polar surface area (TPSA) is 58.6 Å². The fraction of sp³-hybridized carbons (Fsp3) is 0.200. The van der Waals surface area contributed by atoms with Crippen molar-refractivity contribution >= 4 is 23.2 Å². The van der Waals surface area contributed by atoms with Crippen molar-refractivity contribution in [3.05, 3.63) is 89.5 Å². The van der Waals surface area contributed by atoms with E-state index in [9.17, 15) is 9.59 Å². The van der Waals surface area contributed by atoms with Crippen LogP contribution in [0.3, 0.4) is 0 Å². The molecule has 154 valence electrons. The van der Waals surface area contributed by atoms with Gasteiger partial charge in [0.25, 0.3) is 11.8 Å². The SMILES string of the molecule is Cc1ccc(C)c(OC(C)C(=O)Nc2ccc(C(=O)N(C)c3ccccc3)cc2)c1. The second kappa shape index (κ2) is 9.27. The van der Waals surface area contributed by atoms with Crippen LogP contribution in [0.1, 0.15) is 28.4 Å². The average Bonchev–Trinajstić information content (AvgIpc) is 2.76. The van der Waals surface area contributed by atoms with E-state index in [1.54, 1.807) is 43.1 Å². The average molecular weight is 402 g/mol. The molecule has 3 rings (SSSR count). The van der Waals surface area contributed by atoms with Gasteiger partial charge < -0.3 is 15.0 Å². The minimum absolute atomic E-state index is 0.120. The molecule has 0 aliphatic carbocycles. The van der Waals surface area contributed by atoms with Gasteiger partial charge in [0.2, 0.25) is 0 Å². The predicted molar refractivity (Wildman–Crippen MR) is 120 cm³/mol. The van der Waals surface area contributed by atoms with Crippen molar-refractivity contribution in [2.24, 2.45) is 0 Å². The Morgan fingerprint density at radius 3 is 2.27 bits per heavy atom. The van der Waals surface area contributed by atoms with E-state index in [2.05, 4.69) is 5.32 Å². The quantitative estimate of drug-likeness (QED) is 0.632. The summed E-state index contributed by atoms with van der Waals surface area (Å²) in [5.41, 5.74) is 4.02. The number of benzene rings is 3. The molecule has 3 aromatic carbocycles. The molecule has 0 fully saturated rings. The Hall–Kier alpha value is -3.60. The number of ether oxygens (including phenoxy) is 1. The summed E-state index contributed by atoms with van der Waals surface area (Å²) in [6, 6.07) is 22.2. The number of carbonyl (C=O) groups excluding carboxylic acids is 2. The van der Waals surface area contributed by atoms with Crippen LogP contribution in [0.2, 0.25) is 0 Å². The van der Waals surface area contributed by atoms with Gasteiger partial charge in [-0.05, 0) is 74.4 Å². The van der Waals surface area contributed by atoms with Crippen molar-refractivity contribution in [2.75, 3.05) is 17.3 Å². The number of anilines is 2. The molecule has 0 saturated carbocycles. The molecule has 5 nitrogen and oxygen atoms in total. The molecule has 5 heteroatoms. The van der Waals surface area contributed by atoms with Crippen LogP contribution >= 0.6 is 0 Å². The lowest BCUT2D eigenvalue weighted by molar-refractivity contribution is -0.122. The maximum atomic E-state index is 12.7. The van der Waals surface area contributed by atoms with Crippen molar-refractivity contribution < 1.29 is 14.3 Å². The minimum Gasteiger partial charge on any atom is -0.481 e.